The Morgan fingerprint density at radius 1 is 1.14 bits per heavy atom. The minimum absolute atomic E-state index is 0.244. The Balaban J connectivity index is 1.51. The quantitative estimate of drug-likeness (QED) is 0.317. The number of rotatable bonds is 6. The molecule has 0 aliphatic rings. The molecule has 0 radical (unpaired) electrons. The van der Waals surface area contributed by atoms with Crippen LogP contribution < -0.4 is 16.4 Å². The number of benzene rings is 2. The molecule has 9 nitrogen and oxygen atoms in total. The van der Waals surface area contributed by atoms with Gasteiger partial charge in [0.2, 0.25) is 5.91 Å². The highest BCUT2D eigenvalue weighted by Gasteiger charge is 2.21. The van der Waals surface area contributed by atoms with Crippen molar-refractivity contribution in [2.24, 2.45) is 7.05 Å². The predicted octanol–water partition coefficient (Wildman–Crippen LogP) is 4.09. The molecular formula is C27H25N7O2. The summed E-state index contributed by atoms with van der Waals surface area (Å²) in [6, 6.07) is 14.6. The summed E-state index contributed by atoms with van der Waals surface area (Å²) in [7, 11) is 1.96. The van der Waals surface area contributed by atoms with Crippen LogP contribution in [0.25, 0.3) is 27.7 Å². The second-order valence-electron chi connectivity index (χ2n) is 8.52. The zero-order valence-electron chi connectivity index (χ0n) is 19.9. The van der Waals surface area contributed by atoms with E-state index in [4.69, 9.17) is 10.7 Å². The van der Waals surface area contributed by atoms with Gasteiger partial charge in [0.1, 0.15) is 22.9 Å². The number of aryl methyl sites for hydroxylation is 1. The first-order chi connectivity index (χ1) is 17.4. The summed E-state index contributed by atoms with van der Waals surface area (Å²) >= 11 is 0. The number of aromatic nitrogens is 4. The second kappa shape index (κ2) is 9.03. The van der Waals surface area contributed by atoms with Crippen LogP contribution in [0.1, 0.15) is 29.1 Å². The molecule has 4 N–H and O–H groups in total. The number of nitrogens with zero attached hydrogens (tertiary/aromatic N) is 4. The molecule has 0 spiro atoms. The molecule has 2 aromatic carbocycles. The van der Waals surface area contributed by atoms with Crippen molar-refractivity contribution in [3.63, 3.8) is 0 Å². The molecule has 5 aromatic rings. The zero-order valence-corrected chi connectivity index (χ0v) is 19.9. The fourth-order valence-electron chi connectivity index (χ4n) is 4.28. The lowest BCUT2D eigenvalue weighted by Crippen LogP contribution is -2.26. The number of imidazole rings is 1. The maximum atomic E-state index is 13.1. The van der Waals surface area contributed by atoms with Crippen molar-refractivity contribution < 1.29 is 9.59 Å². The number of carbonyl (C=O) groups excluding carboxylic acids is 2. The molecule has 36 heavy (non-hydrogen) atoms. The van der Waals surface area contributed by atoms with Gasteiger partial charge >= 0.3 is 0 Å². The Labute approximate surface area is 207 Å². The van der Waals surface area contributed by atoms with Gasteiger partial charge in [0.25, 0.3) is 5.91 Å². The summed E-state index contributed by atoms with van der Waals surface area (Å²) in [6.45, 7) is 5.32. The SMILES string of the molecule is C=CC(=O)N[C@@H](C)c1nc(-c2cccc(C(=O)Nc3ccc4ccn(C)c4c3)c2)c2c(N)nccn12. The second-order valence-corrected chi connectivity index (χ2v) is 8.52. The maximum absolute atomic E-state index is 13.1. The number of fused-ring (bicyclic) bond motifs is 2. The lowest BCUT2D eigenvalue weighted by Gasteiger charge is -2.11. The molecule has 0 fully saturated rings. The van der Waals surface area contributed by atoms with Gasteiger partial charge in [-0.2, -0.15) is 0 Å². The van der Waals surface area contributed by atoms with E-state index < -0.39 is 6.04 Å². The predicted molar refractivity (Wildman–Crippen MR) is 140 cm³/mol. The topological polar surface area (TPSA) is 119 Å². The van der Waals surface area contributed by atoms with Gasteiger partial charge in [-0.25, -0.2) is 9.97 Å². The first kappa shape index (κ1) is 22.9. The summed E-state index contributed by atoms with van der Waals surface area (Å²) in [4.78, 5) is 34.0. The number of carbonyl (C=O) groups is 2. The van der Waals surface area contributed by atoms with Crippen LogP contribution in [0.2, 0.25) is 0 Å². The fourth-order valence-corrected chi connectivity index (χ4v) is 4.28. The van der Waals surface area contributed by atoms with Gasteiger partial charge in [0, 0.05) is 48.0 Å². The largest absolute Gasteiger partial charge is 0.382 e. The van der Waals surface area contributed by atoms with Crippen molar-refractivity contribution in [2.75, 3.05) is 11.1 Å². The molecule has 0 saturated heterocycles. The molecule has 3 aromatic heterocycles. The maximum Gasteiger partial charge on any atom is 0.255 e. The van der Waals surface area contributed by atoms with E-state index >= 15 is 0 Å². The summed E-state index contributed by atoms with van der Waals surface area (Å²) in [5.41, 5.74) is 10.3. The van der Waals surface area contributed by atoms with Crippen molar-refractivity contribution in [3.05, 3.63) is 91.2 Å². The van der Waals surface area contributed by atoms with Crippen molar-refractivity contribution in [2.45, 2.75) is 13.0 Å². The first-order valence-electron chi connectivity index (χ1n) is 11.4. The highest BCUT2D eigenvalue weighted by Crippen LogP contribution is 2.31. The van der Waals surface area contributed by atoms with Crippen LogP contribution >= 0.6 is 0 Å². The molecule has 1 atom stereocenters. The Bertz CT molecular complexity index is 1650. The number of nitrogens with one attached hydrogen (secondary N) is 2. The minimum atomic E-state index is -0.419. The third kappa shape index (κ3) is 4.07. The van der Waals surface area contributed by atoms with Crippen LogP contribution in [0, 0.1) is 0 Å². The van der Waals surface area contributed by atoms with Crippen LogP contribution in [0.3, 0.4) is 0 Å². The Morgan fingerprint density at radius 3 is 2.78 bits per heavy atom. The van der Waals surface area contributed by atoms with E-state index in [2.05, 4.69) is 22.2 Å². The zero-order chi connectivity index (χ0) is 25.4. The van der Waals surface area contributed by atoms with Gasteiger partial charge in [-0.05, 0) is 48.7 Å². The first-order valence-corrected chi connectivity index (χ1v) is 11.4. The monoisotopic (exact) mass is 479 g/mol. The molecule has 9 heteroatoms. The molecule has 5 rings (SSSR count). The molecule has 0 aliphatic carbocycles. The van der Waals surface area contributed by atoms with Gasteiger partial charge in [-0.3, -0.25) is 14.0 Å². The van der Waals surface area contributed by atoms with Crippen LogP contribution in [0.4, 0.5) is 11.5 Å². The smallest absolute Gasteiger partial charge is 0.255 e. The molecular weight excluding hydrogens is 454 g/mol. The van der Waals surface area contributed by atoms with Crippen molar-refractivity contribution in [3.8, 4) is 11.3 Å². The van der Waals surface area contributed by atoms with E-state index in [9.17, 15) is 9.59 Å². The molecule has 0 unspecified atom stereocenters. The van der Waals surface area contributed by atoms with Gasteiger partial charge < -0.3 is 20.9 Å². The van der Waals surface area contributed by atoms with Crippen LogP contribution in [-0.2, 0) is 11.8 Å². The number of amides is 2. The lowest BCUT2D eigenvalue weighted by atomic mass is 10.1. The molecule has 3 heterocycles. The van der Waals surface area contributed by atoms with Crippen molar-refractivity contribution in [1.29, 1.82) is 0 Å². The number of nitrogen functional groups attached to an aromatic ring is 1. The normalized spacial score (nSPS) is 11.9. The average Bonchev–Trinajstić information content (AvgIpc) is 3.46. The molecule has 180 valence electrons. The summed E-state index contributed by atoms with van der Waals surface area (Å²) < 4.78 is 3.80. The van der Waals surface area contributed by atoms with E-state index in [1.807, 2.05) is 55.1 Å². The van der Waals surface area contributed by atoms with E-state index in [1.165, 1.54) is 6.08 Å². The van der Waals surface area contributed by atoms with Crippen molar-refractivity contribution >= 4 is 39.7 Å². The summed E-state index contributed by atoms with van der Waals surface area (Å²) in [6.07, 6.45) is 6.51. The van der Waals surface area contributed by atoms with E-state index in [0.29, 0.717) is 39.7 Å². The third-order valence-corrected chi connectivity index (χ3v) is 6.09. The number of nitrogens with two attached hydrogens (primary N) is 1. The van der Waals surface area contributed by atoms with Crippen LogP contribution in [0.5, 0.6) is 0 Å². The minimum Gasteiger partial charge on any atom is -0.382 e. The standard InChI is InChI=1S/C27H25N7O2/c1-4-22(35)30-16(2)26-32-23(24-25(28)29-11-13-34(24)26)18-6-5-7-19(14-18)27(36)31-20-9-8-17-10-12-33(3)21(17)15-20/h4-16H,1H2,2-3H3,(H2,28,29)(H,30,35)(H,31,36)/t16-/m0/s1. The van der Waals surface area contributed by atoms with Crippen molar-refractivity contribution in [1.82, 2.24) is 24.3 Å². The van der Waals surface area contributed by atoms with Gasteiger partial charge in [0.15, 0.2) is 0 Å². The Hall–Kier alpha value is -4.92. The highest BCUT2D eigenvalue weighted by molar-refractivity contribution is 6.06. The van der Waals surface area contributed by atoms with Gasteiger partial charge in [-0.15, -0.1) is 0 Å². The van der Waals surface area contributed by atoms with Crippen LogP contribution in [-0.4, -0.2) is 30.8 Å². The third-order valence-electron chi connectivity index (χ3n) is 6.09. The average molecular weight is 480 g/mol. The van der Waals surface area contributed by atoms with E-state index in [-0.39, 0.29) is 11.8 Å². The molecule has 0 saturated carbocycles. The number of hydrogen-bond acceptors (Lipinski definition) is 5. The number of anilines is 2. The molecule has 0 bridgehead atoms. The Kier molecular flexibility index (Phi) is 5.73. The van der Waals surface area contributed by atoms with Crippen LogP contribution in [0.15, 0.2) is 79.8 Å². The summed E-state index contributed by atoms with van der Waals surface area (Å²) in [5, 5.41) is 6.90. The van der Waals surface area contributed by atoms with E-state index in [0.717, 1.165) is 10.9 Å². The van der Waals surface area contributed by atoms with Gasteiger partial charge in [-0.1, -0.05) is 24.8 Å². The molecule has 0 aliphatic heterocycles. The van der Waals surface area contributed by atoms with E-state index in [1.54, 1.807) is 35.0 Å². The number of hydrogen-bond donors (Lipinski definition) is 3. The molecule has 2 amide bonds. The Morgan fingerprint density at radius 2 is 1.97 bits per heavy atom. The lowest BCUT2D eigenvalue weighted by molar-refractivity contribution is -0.117. The fraction of sp³-hybridized carbons (Fsp3) is 0.111. The van der Waals surface area contributed by atoms with Gasteiger partial charge in [0.05, 0.1) is 6.04 Å². The highest BCUT2D eigenvalue weighted by atomic mass is 16.2. The summed E-state index contributed by atoms with van der Waals surface area (Å²) in [5.74, 6) is 0.316.